The summed E-state index contributed by atoms with van der Waals surface area (Å²) >= 11 is 0. The highest BCUT2D eigenvalue weighted by Gasteiger charge is 2.37. The van der Waals surface area contributed by atoms with Gasteiger partial charge in [0.15, 0.2) is 12.2 Å². The van der Waals surface area contributed by atoms with Gasteiger partial charge in [0, 0.05) is 13.1 Å². The van der Waals surface area contributed by atoms with Crippen molar-refractivity contribution >= 4 is 11.8 Å². The SMILES string of the molecule is CCCCCCCCCCCCNC(=O)[C@@H](O)[C@@H](O)[C@H](O)[C@@H](O)C(=O)NCCCCCCCCCCCC. The second kappa shape index (κ2) is 26.0. The Morgan fingerprint density at radius 3 is 0.947 bits per heavy atom. The monoisotopic (exact) mass is 544 g/mol. The predicted octanol–water partition coefficient (Wildman–Crippen LogP) is 4.50. The van der Waals surface area contributed by atoms with Crippen LogP contribution >= 0.6 is 0 Å². The lowest BCUT2D eigenvalue weighted by Gasteiger charge is -2.25. The lowest BCUT2D eigenvalue weighted by molar-refractivity contribution is -0.155. The molecule has 2 amide bonds. The van der Waals surface area contributed by atoms with E-state index >= 15 is 0 Å². The van der Waals surface area contributed by atoms with Gasteiger partial charge >= 0.3 is 0 Å². The second-order valence-electron chi connectivity index (χ2n) is 10.8. The number of carbonyl (C=O) groups is 2. The number of amides is 2. The molecule has 0 aliphatic carbocycles. The standard InChI is InChI=1S/C30H60N2O6/c1-3-5-7-9-11-13-15-17-19-21-23-31-29(37)27(35)25(33)26(34)28(36)30(38)32-24-22-20-18-16-14-12-10-8-6-4-2/h25-28,33-36H,3-24H2,1-2H3,(H,31,37)(H,32,38)/t25-,26-,27-,28+/m0/s1. The average molecular weight is 545 g/mol. The fourth-order valence-corrected chi connectivity index (χ4v) is 4.54. The molecule has 0 aromatic heterocycles. The quantitative estimate of drug-likeness (QED) is 0.0842. The lowest BCUT2D eigenvalue weighted by atomic mass is 10.0. The van der Waals surface area contributed by atoms with Crippen LogP contribution in [-0.4, -0.2) is 69.7 Å². The molecule has 6 N–H and O–H groups in total. The molecule has 0 saturated heterocycles. The molecule has 0 aliphatic rings. The fraction of sp³-hybridized carbons (Fsp3) is 0.933. The molecular formula is C30H60N2O6. The van der Waals surface area contributed by atoms with Crippen LogP contribution in [0, 0.1) is 0 Å². The van der Waals surface area contributed by atoms with Crippen LogP contribution < -0.4 is 10.6 Å². The molecule has 0 heterocycles. The summed E-state index contributed by atoms with van der Waals surface area (Å²) < 4.78 is 0. The summed E-state index contributed by atoms with van der Waals surface area (Å²) in [5.74, 6) is -1.66. The first-order chi connectivity index (χ1) is 18.4. The van der Waals surface area contributed by atoms with Gasteiger partial charge in [-0.2, -0.15) is 0 Å². The topological polar surface area (TPSA) is 139 Å². The van der Waals surface area contributed by atoms with Crippen molar-refractivity contribution in [2.24, 2.45) is 0 Å². The molecule has 0 bridgehead atoms. The van der Waals surface area contributed by atoms with Crippen molar-refractivity contribution in [3.63, 3.8) is 0 Å². The minimum atomic E-state index is -1.97. The molecule has 226 valence electrons. The Balaban J connectivity index is 3.90. The minimum Gasteiger partial charge on any atom is -0.387 e. The van der Waals surface area contributed by atoms with Gasteiger partial charge in [-0.05, 0) is 12.8 Å². The van der Waals surface area contributed by atoms with Crippen LogP contribution in [0.25, 0.3) is 0 Å². The molecule has 0 radical (unpaired) electrons. The number of rotatable bonds is 27. The zero-order valence-electron chi connectivity index (χ0n) is 24.5. The van der Waals surface area contributed by atoms with Gasteiger partial charge in [0.25, 0.3) is 11.8 Å². The Morgan fingerprint density at radius 1 is 0.447 bits per heavy atom. The number of aliphatic hydroxyl groups is 4. The van der Waals surface area contributed by atoms with E-state index in [1.807, 2.05) is 0 Å². The first-order valence-corrected chi connectivity index (χ1v) is 15.6. The van der Waals surface area contributed by atoms with Gasteiger partial charge in [0.2, 0.25) is 0 Å². The fourth-order valence-electron chi connectivity index (χ4n) is 4.54. The normalized spacial score (nSPS) is 14.6. The van der Waals surface area contributed by atoms with E-state index in [0.717, 1.165) is 38.5 Å². The number of carbonyl (C=O) groups excluding carboxylic acids is 2. The van der Waals surface area contributed by atoms with Crippen LogP contribution in [0.4, 0.5) is 0 Å². The van der Waals surface area contributed by atoms with Gasteiger partial charge < -0.3 is 31.1 Å². The molecule has 0 aromatic carbocycles. The molecule has 38 heavy (non-hydrogen) atoms. The first kappa shape index (κ1) is 36.8. The third-order valence-electron chi connectivity index (χ3n) is 7.19. The van der Waals surface area contributed by atoms with Gasteiger partial charge in [-0.3, -0.25) is 9.59 Å². The van der Waals surface area contributed by atoms with Gasteiger partial charge in [-0.1, -0.05) is 129 Å². The molecule has 0 spiro atoms. The Hall–Kier alpha value is -1.22. The van der Waals surface area contributed by atoms with Crippen molar-refractivity contribution in [2.75, 3.05) is 13.1 Å². The van der Waals surface area contributed by atoms with Crippen LogP contribution in [-0.2, 0) is 9.59 Å². The van der Waals surface area contributed by atoms with Crippen molar-refractivity contribution in [3.05, 3.63) is 0 Å². The van der Waals surface area contributed by atoms with Crippen LogP contribution in [0.1, 0.15) is 142 Å². The lowest BCUT2D eigenvalue weighted by Crippen LogP contribution is -2.54. The van der Waals surface area contributed by atoms with E-state index in [1.54, 1.807) is 0 Å². The molecule has 0 aliphatic heterocycles. The maximum atomic E-state index is 12.1. The molecule has 8 heteroatoms. The zero-order valence-corrected chi connectivity index (χ0v) is 24.5. The van der Waals surface area contributed by atoms with Crippen LogP contribution in [0.3, 0.4) is 0 Å². The van der Waals surface area contributed by atoms with Gasteiger partial charge in [-0.15, -0.1) is 0 Å². The number of nitrogens with one attached hydrogen (secondary N) is 2. The van der Waals surface area contributed by atoms with Gasteiger partial charge in [-0.25, -0.2) is 0 Å². The van der Waals surface area contributed by atoms with Crippen molar-refractivity contribution in [3.8, 4) is 0 Å². The van der Waals surface area contributed by atoms with Crippen LogP contribution in [0.5, 0.6) is 0 Å². The summed E-state index contributed by atoms with van der Waals surface area (Å²) in [6.07, 6.45) is 15.5. The summed E-state index contributed by atoms with van der Waals surface area (Å²) in [4.78, 5) is 24.2. The summed E-state index contributed by atoms with van der Waals surface area (Å²) in [7, 11) is 0. The van der Waals surface area contributed by atoms with Gasteiger partial charge in [0.1, 0.15) is 12.2 Å². The summed E-state index contributed by atoms with van der Waals surface area (Å²) in [6, 6.07) is 0. The molecule has 0 fully saturated rings. The molecule has 4 atom stereocenters. The number of hydrogen-bond donors (Lipinski definition) is 6. The Kier molecular flexibility index (Phi) is 25.2. The molecule has 0 saturated carbocycles. The molecule has 0 rings (SSSR count). The highest BCUT2D eigenvalue weighted by atomic mass is 16.4. The van der Waals surface area contributed by atoms with Crippen molar-refractivity contribution in [1.29, 1.82) is 0 Å². The number of hydrogen-bond acceptors (Lipinski definition) is 6. The van der Waals surface area contributed by atoms with Crippen molar-refractivity contribution < 1.29 is 30.0 Å². The predicted molar refractivity (Wildman–Crippen MR) is 154 cm³/mol. The summed E-state index contributed by atoms with van der Waals surface area (Å²) in [6.45, 7) is 5.14. The minimum absolute atomic E-state index is 0.358. The van der Waals surface area contributed by atoms with Gasteiger partial charge in [0.05, 0.1) is 0 Å². The maximum absolute atomic E-state index is 12.1. The smallest absolute Gasteiger partial charge is 0.251 e. The first-order valence-electron chi connectivity index (χ1n) is 15.6. The Labute approximate surface area is 232 Å². The Bertz CT molecular complexity index is 515. The number of unbranched alkanes of at least 4 members (excludes halogenated alkanes) is 18. The molecule has 8 nitrogen and oxygen atoms in total. The number of aliphatic hydroxyl groups excluding tert-OH is 4. The zero-order chi connectivity index (χ0) is 28.4. The molecule has 0 unspecified atom stereocenters. The third kappa shape index (κ3) is 19.8. The van der Waals surface area contributed by atoms with E-state index < -0.39 is 36.2 Å². The van der Waals surface area contributed by atoms with E-state index in [1.165, 1.54) is 89.9 Å². The van der Waals surface area contributed by atoms with Crippen molar-refractivity contribution in [2.45, 2.75) is 167 Å². The van der Waals surface area contributed by atoms with Crippen LogP contribution in [0.15, 0.2) is 0 Å². The van der Waals surface area contributed by atoms with E-state index in [4.69, 9.17) is 0 Å². The highest BCUT2D eigenvalue weighted by molar-refractivity contribution is 5.83. The largest absolute Gasteiger partial charge is 0.387 e. The maximum Gasteiger partial charge on any atom is 0.251 e. The third-order valence-corrected chi connectivity index (χ3v) is 7.19. The molecular weight excluding hydrogens is 484 g/mol. The second-order valence-corrected chi connectivity index (χ2v) is 10.8. The summed E-state index contributed by atoms with van der Waals surface area (Å²) in [5.41, 5.74) is 0. The van der Waals surface area contributed by atoms with E-state index in [2.05, 4.69) is 24.5 Å². The average Bonchev–Trinajstić information content (AvgIpc) is 2.92. The van der Waals surface area contributed by atoms with Crippen LogP contribution in [0.2, 0.25) is 0 Å². The Morgan fingerprint density at radius 2 is 0.684 bits per heavy atom. The van der Waals surface area contributed by atoms with Crippen molar-refractivity contribution in [1.82, 2.24) is 10.6 Å². The summed E-state index contributed by atoms with van der Waals surface area (Å²) in [5, 5.41) is 45.4. The van der Waals surface area contributed by atoms with E-state index in [0.29, 0.717) is 13.1 Å². The highest BCUT2D eigenvalue weighted by Crippen LogP contribution is 2.12. The van der Waals surface area contributed by atoms with E-state index in [-0.39, 0.29) is 0 Å². The molecule has 0 aromatic rings. The van der Waals surface area contributed by atoms with E-state index in [9.17, 15) is 30.0 Å².